The van der Waals surface area contributed by atoms with Crippen LogP contribution in [0.15, 0.2) is 18.3 Å². The molecule has 0 radical (unpaired) electrons. The van der Waals surface area contributed by atoms with Crippen molar-refractivity contribution in [3.63, 3.8) is 0 Å². The molecule has 1 saturated heterocycles. The lowest BCUT2D eigenvalue weighted by Gasteiger charge is -2.19. The van der Waals surface area contributed by atoms with Gasteiger partial charge in [0.1, 0.15) is 34.6 Å². The van der Waals surface area contributed by atoms with Crippen LogP contribution in [0.25, 0.3) is 32.1 Å². The number of carbonyl (C=O) groups is 1. The second kappa shape index (κ2) is 12.2. The van der Waals surface area contributed by atoms with Gasteiger partial charge in [0.05, 0.1) is 21.9 Å². The Kier molecular flexibility index (Phi) is 8.72. The van der Waals surface area contributed by atoms with E-state index in [4.69, 9.17) is 25.8 Å². The molecule has 3 heterocycles. The predicted molar refractivity (Wildman–Crippen MR) is 162 cm³/mol. The number of amides is 1. The molecule has 4 aromatic rings. The number of aromatic nitrogens is 2. The van der Waals surface area contributed by atoms with E-state index in [0.717, 1.165) is 36.8 Å². The number of carbonyl (C=O) groups excluding carboxylic acids is 1. The molecule has 1 atom stereocenters. The predicted octanol–water partition coefficient (Wildman–Crippen LogP) is 7.28. The minimum atomic E-state index is -0.817. The second-order valence-electron chi connectivity index (χ2n) is 11.3. The van der Waals surface area contributed by atoms with Crippen LogP contribution in [0.1, 0.15) is 44.7 Å². The minimum Gasteiger partial charge on any atom is -0.462 e. The number of methoxy groups -OCH3 is 1. The highest BCUT2D eigenvalue weighted by atomic mass is 35.5. The lowest BCUT2D eigenvalue weighted by Crippen LogP contribution is -2.30. The molecule has 2 aromatic heterocycles. The van der Waals surface area contributed by atoms with Gasteiger partial charge in [0.25, 0.3) is 0 Å². The summed E-state index contributed by atoms with van der Waals surface area (Å²) in [6.07, 6.45) is 2.66. The summed E-state index contributed by atoms with van der Waals surface area (Å²) in [5, 5.41) is 13.1. The fraction of sp³-hybridized carbons (Fsp3) is 0.400. The Hall–Kier alpha value is -3.63. The third-order valence-corrected chi connectivity index (χ3v) is 8.69. The zero-order valence-corrected chi connectivity index (χ0v) is 25.9. The van der Waals surface area contributed by atoms with Crippen LogP contribution in [0.5, 0.6) is 6.01 Å². The Bertz CT molecular complexity index is 1770. The zero-order valence-electron chi connectivity index (χ0n) is 24.3. The highest BCUT2D eigenvalue weighted by molar-refractivity contribution is 7.23. The van der Waals surface area contributed by atoms with Crippen molar-refractivity contribution >= 4 is 55.0 Å². The first-order valence-electron chi connectivity index (χ1n) is 13.6. The van der Waals surface area contributed by atoms with E-state index >= 15 is 8.78 Å². The van der Waals surface area contributed by atoms with Crippen LogP contribution in [-0.4, -0.2) is 59.9 Å². The quantitative estimate of drug-likeness (QED) is 0.227. The number of hydrogen-bond acceptors (Lipinski definition) is 9. The van der Waals surface area contributed by atoms with E-state index in [-0.39, 0.29) is 61.0 Å². The number of anilines is 1. The molecule has 226 valence electrons. The topological polar surface area (TPSA) is 110 Å². The summed E-state index contributed by atoms with van der Waals surface area (Å²) < 4.78 is 48.3. The standard InChI is InChI=1S/C30H30ClF2N5O4S/c1-30(2,3)42-29(39)37-27-17(11-34)21-16(8-9-20(32)26(21)43-27)22-23(31)19(14-40-5)18-12-35-28(36-25(18)24(22)33)41-13-15-7-6-10-38(15)4/h8-9,12,15H,6-7,10,13-14H2,1-5H3,(H,37,39). The first kappa shape index (κ1) is 30.8. The Morgan fingerprint density at radius 1 is 1.33 bits per heavy atom. The van der Waals surface area contributed by atoms with Gasteiger partial charge in [0, 0.05) is 41.2 Å². The molecule has 1 aliphatic heterocycles. The van der Waals surface area contributed by atoms with Crippen molar-refractivity contribution in [1.29, 1.82) is 5.26 Å². The molecule has 0 bridgehead atoms. The summed E-state index contributed by atoms with van der Waals surface area (Å²) in [7, 11) is 3.49. The maximum atomic E-state index is 16.5. The molecule has 1 N–H and O–H groups in total. The number of rotatable bonds is 7. The van der Waals surface area contributed by atoms with E-state index in [2.05, 4.69) is 20.2 Å². The van der Waals surface area contributed by atoms with Crippen LogP contribution in [0.4, 0.5) is 18.6 Å². The molecule has 0 aliphatic carbocycles. The van der Waals surface area contributed by atoms with Crippen molar-refractivity contribution in [3.05, 3.63) is 46.1 Å². The summed E-state index contributed by atoms with van der Waals surface area (Å²) in [6, 6.07) is 4.75. The number of likely N-dealkylation sites (tertiary alicyclic amines) is 1. The third-order valence-electron chi connectivity index (χ3n) is 7.16. The van der Waals surface area contributed by atoms with Gasteiger partial charge in [0.2, 0.25) is 0 Å². The Balaban J connectivity index is 1.67. The number of ether oxygens (including phenoxy) is 3. The average Bonchev–Trinajstić information content (AvgIpc) is 3.53. The Labute approximate surface area is 256 Å². The number of halogens is 3. The number of benzene rings is 2. The molecule has 1 unspecified atom stereocenters. The van der Waals surface area contributed by atoms with Crippen LogP contribution in [0.3, 0.4) is 0 Å². The van der Waals surface area contributed by atoms with Crippen molar-refractivity contribution in [2.24, 2.45) is 0 Å². The smallest absolute Gasteiger partial charge is 0.412 e. The first-order chi connectivity index (χ1) is 20.4. The first-order valence-corrected chi connectivity index (χ1v) is 14.8. The molecule has 0 saturated carbocycles. The van der Waals surface area contributed by atoms with Crippen LogP contribution in [0, 0.1) is 23.0 Å². The summed E-state index contributed by atoms with van der Waals surface area (Å²) >= 11 is 7.67. The van der Waals surface area contributed by atoms with Gasteiger partial charge in [-0.1, -0.05) is 17.7 Å². The molecule has 1 aliphatic rings. The number of thiophene rings is 1. The molecular weight excluding hydrogens is 600 g/mol. The summed E-state index contributed by atoms with van der Waals surface area (Å²) in [6.45, 7) is 6.39. The normalized spacial score (nSPS) is 15.7. The van der Waals surface area contributed by atoms with E-state index in [9.17, 15) is 10.1 Å². The number of fused-ring (bicyclic) bond motifs is 2. The third kappa shape index (κ3) is 6.08. The number of nitrogens with one attached hydrogen (secondary N) is 1. The van der Waals surface area contributed by atoms with Crippen LogP contribution in [-0.2, 0) is 16.1 Å². The van der Waals surface area contributed by atoms with Crippen LogP contribution < -0.4 is 10.1 Å². The molecule has 1 amide bonds. The molecule has 0 spiro atoms. The summed E-state index contributed by atoms with van der Waals surface area (Å²) in [4.78, 5) is 23.4. The largest absolute Gasteiger partial charge is 0.462 e. The second-order valence-corrected chi connectivity index (χ2v) is 12.7. The van der Waals surface area contributed by atoms with Gasteiger partial charge in [-0.05, 0) is 58.8 Å². The molecule has 9 nitrogen and oxygen atoms in total. The van der Waals surface area contributed by atoms with E-state index in [1.54, 1.807) is 20.8 Å². The van der Waals surface area contributed by atoms with Gasteiger partial charge < -0.3 is 19.1 Å². The highest BCUT2D eigenvalue weighted by Gasteiger charge is 2.28. The number of nitriles is 1. The number of likely N-dealkylation sites (N-methyl/N-ethyl adjacent to an activating group) is 1. The van der Waals surface area contributed by atoms with Crippen molar-refractivity contribution in [2.75, 3.05) is 32.6 Å². The Morgan fingerprint density at radius 3 is 2.74 bits per heavy atom. The monoisotopic (exact) mass is 629 g/mol. The average molecular weight is 630 g/mol. The van der Waals surface area contributed by atoms with E-state index in [1.165, 1.54) is 19.4 Å². The van der Waals surface area contributed by atoms with E-state index in [0.29, 0.717) is 17.6 Å². The summed E-state index contributed by atoms with van der Waals surface area (Å²) in [5.74, 6) is -1.45. The van der Waals surface area contributed by atoms with Gasteiger partial charge in [-0.2, -0.15) is 10.2 Å². The van der Waals surface area contributed by atoms with Crippen molar-refractivity contribution in [1.82, 2.24) is 14.9 Å². The van der Waals surface area contributed by atoms with Gasteiger partial charge in [-0.15, -0.1) is 11.3 Å². The zero-order chi connectivity index (χ0) is 31.1. The van der Waals surface area contributed by atoms with Gasteiger partial charge in [0.15, 0.2) is 5.82 Å². The fourth-order valence-corrected chi connectivity index (χ4v) is 6.57. The molecule has 1 fully saturated rings. The Morgan fingerprint density at radius 2 is 2.09 bits per heavy atom. The van der Waals surface area contributed by atoms with Gasteiger partial charge in [-0.25, -0.2) is 18.6 Å². The van der Waals surface area contributed by atoms with Crippen LogP contribution in [0.2, 0.25) is 5.02 Å². The number of nitrogens with zero attached hydrogens (tertiary/aromatic N) is 4. The number of hydrogen-bond donors (Lipinski definition) is 1. The van der Waals surface area contributed by atoms with Crippen molar-refractivity contribution < 1.29 is 27.8 Å². The highest BCUT2D eigenvalue weighted by Crippen LogP contribution is 2.47. The van der Waals surface area contributed by atoms with E-state index < -0.39 is 23.3 Å². The van der Waals surface area contributed by atoms with Gasteiger partial charge >= 0.3 is 12.1 Å². The lowest BCUT2D eigenvalue weighted by atomic mass is 9.95. The SMILES string of the molecule is COCc1c(Cl)c(-c2ccc(F)c3sc(NC(=O)OC(C)(C)C)c(C#N)c23)c(F)c2nc(OCC3CCCN3C)ncc12. The van der Waals surface area contributed by atoms with Gasteiger partial charge in [-0.3, -0.25) is 5.32 Å². The maximum absolute atomic E-state index is 16.5. The molecule has 13 heteroatoms. The molecule has 2 aromatic carbocycles. The van der Waals surface area contributed by atoms with Crippen molar-refractivity contribution in [2.45, 2.75) is 51.9 Å². The lowest BCUT2D eigenvalue weighted by molar-refractivity contribution is 0.0636. The molecule has 43 heavy (non-hydrogen) atoms. The maximum Gasteiger partial charge on any atom is 0.412 e. The van der Waals surface area contributed by atoms with Crippen LogP contribution >= 0.6 is 22.9 Å². The molecular formula is C30H30ClF2N5O4S. The van der Waals surface area contributed by atoms with E-state index in [1.807, 2.05) is 13.1 Å². The van der Waals surface area contributed by atoms with Crippen molar-refractivity contribution in [3.8, 4) is 23.2 Å². The molecule has 5 rings (SSSR count). The summed E-state index contributed by atoms with van der Waals surface area (Å²) in [5.41, 5.74) is -0.454. The minimum absolute atomic E-state index is 0.00125. The fourth-order valence-electron chi connectivity index (χ4n) is 5.16.